The molecule has 3 amide bonds. The van der Waals surface area contributed by atoms with Gasteiger partial charge in [-0.15, -0.1) is 0 Å². The fourth-order valence-corrected chi connectivity index (χ4v) is 1.94. The molecule has 1 aromatic rings. The summed E-state index contributed by atoms with van der Waals surface area (Å²) in [7, 11) is 6.75. The van der Waals surface area contributed by atoms with Crippen molar-refractivity contribution in [2.75, 3.05) is 33.2 Å². The summed E-state index contributed by atoms with van der Waals surface area (Å²) in [6, 6.07) is 6.42. The fourth-order valence-electron chi connectivity index (χ4n) is 1.94. The van der Waals surface area contributed by atoms with Gasteiger partial charge in [0, 0.05) is 27.3 Å². The number of urea groups is 1. The van der Waals surface area contributed by atoms with Crippen molar-refractivity contribution in [3.05, 3.63) is 36.2 Å². The molecule has 0 saturated carbocycles. The predicted molar refractivity (Wildman–Crippen MR) is 75.4 cm³/mol. The van der Waals surface area contributed by atoms with E-state index in [1.54, 1.807) is 63.6 Å². The van der Waals surface area contributed by atoms with E-state index in [1.165, 1.54) is 4.90 Å². The molecule has 1 aliphatic rings. The molecule has 0 unspecified atom stereocenters. The van der Waals surface area contributed by atoms with Gasteiger partial charge >= 0.3 is 6.03 Å². The topological polar surface area (TPSA) is 53.1 Å². The summed E-state index contributed by atoms with van der Waals surface area (Å²) in [5.74, 6) is 0.335. The van der Waals surface area contributed by atoms with E-state index in [2.05, 4.69) is 0 Å². The van der Waals surface area contributed by atoms with Crippen molar-refractivity contribution in [2.24, 2.45) is 0 Å². The van der Waals surface area contributed by atoms with Crippen molar-refractivity contribution in [3.63, 3.8) is 0 Å². The number of hydrogen-bond donors (Lipinski definition) is 0. The lowest BCUT2D eigenvalue weighted by Gasteiger charge is -2.13. The summed E-state index contributed by atoms with van der Waals surface area (Å²) < 4.78 is 5.06. The zero-order valence-corrected chi connectivity index (χ0v) is 12.0. The van der Waals surface area contributed by atoms with Crippen LogP contribution in [0, 0.1) is 0 Å². The van der Waals surface area contributed by atoms with Crippen LogP contribution in [-0.4, -0.2) is 50.0 Å². The first-order chi connectivity index (χ1) is 9.45. The highest BCUT2D eigenvalue weighted by molar-refractivity contribution is 6.26. The molecule has 1 saturated heterocycles. The third-order valence-corrected chi connectivity index (χ3v) is 2.97. The number of methoxy groups -OCH3 is 1. The Labute approximate surface area is 117 Å². The molecular formula is C14H17N3O3. The van der Waals surface area contributed by atoms with Crippen molar-refractivity contribution in [1.82, 2.24) is 9.80 Å². The molecule has 0 spiro atoms. The number of benzene rings is 1. The van der Waals surface area contributed by atoms with Gasteiger partial charge in [0.05, 0.1) is 12.8 Å². The number of carbonyl (C=O) groups excluding carboxylic acids is 2. The second-order valence-corrected chi connectivity index (χ2v) is 4.66. The van der Waals surface area contributed by atoms with Gasteiger partial charge in [-0.2, -0.15) is 0 Å². The van der Waals surface area contributed by atoms with E-state index < -0.39 is 0 Å². The molecule has 6 heteroatoms. The number of amides is 3. The predicted octanol–water partition coefficient (Wildman–Crippen LogP) is 1.50. The number of ether oxygens (including phenoxy) is 1. The average molecular weight is 275 g/mol. The van der Waals surface area contributed by atoms with Gasteiger partial charge in [0.25, 0.3) is 5.91 Å². The van der Waals surface area contributed by atoms with Gasteiger partial charge in [0.2, 0.25) is 0 Å². The first kappa shape index (κ1) is 13.9. The molecule has 1 heterocycles. The summed E-state index contributed by atoms with van der Waals surface area (Å²) in [4.78, 5) is 28.8. The zero-order valence-electron chi connectivity index (χ0n) is 12.0. The van der Waals surface area contributed by atoms with Crippen LogP contribution in [0.2, 0.25) is 0 Å². The summed E-state index contributed by atoms with van der Waals surface area (Å²) in [5, 5.41) is 0. The molecule has 1 aliphatic heterocycles. The number of nitrogens with zero attached hydrogens (tertiary/aromatic N) is 3. The number of rotatable bonds is 3. The van der Waals surface area contributed by atoms with Crippen molar-refractivity contribution < 1.29 is 14.3 Å². The highest BCUT2D eigenvalue weighted by Crippen LogP contribution is 2.27. The Bertz CT molecular complexity index is 564. The maximum absolute atomic E-state index is 12.4. The Kier molecular flexibility index (Phi) is 3.65. The molecule has 0 atom stereocenters. The lowest BCUT2D eigenvalue weighted by molar-refractivity contribution is -0.114. The van der Waals surface area contributed by atoms with E-state index >= 15 is 0 Å². The molecule has 1 fully saturated rings. The summed E-state index contributed by atoms with van der Waals surface area (Å²) in [6.07, 6.45) is 1.63. The molecule has 0 bridgehead atoms. The van der Waals surface area contributed by atoms with Crippen LogP contribution in [0.1, 0.15) is 0 Å². The number of anilines is 1. The maximum atomic E-state index is 12.4. The molecule has 6 nitrogen and oxygen atoms in total. The van der Waals surface area contributed by atoms with Gasteiger partial charge < -0.3 is 9.64 Å². The van der Waals surface area contributed by atoms with E-state index in [1.807, 2.05) is 0 Å². The molecule has 0 aliphatic carbocycles. The van der Waals surface area contributed by atoms with Crippen molar-refractivity contribution in [1.29, 1.82) is 0 Å². The minimum atomic E-state index is -0.367. The number of likely N-dealkylation sites (N-methyl/N-ethyl adjacent to an activating group) is 1. The van der Waals surface area contributed by atoms with E-state index in [9.17, 15) is 9.59 Å². The second kappa shape index (κ2) is 5.24. The lowest BCUT2D eigenvalue weighted by atomic mass is 10.2. The SMILES string of the molecule is COc1ccc(N2C(=O)/C(=C/N(C)C)N(C)C2=O)cc1. The maximum Gasteiger partial charge on any atom is 0.336 e. The van der Waals surface area contributed by atoms with Crippen LogP contribution < -0.4 is 9.64 Å². The number of carbonyl (C=O) groups is 2. The third kappa shape index (κ3) is 2.32. The molecule has 0 aromatic heterocycles. The van der Waals surface area contributed by atoms with Crippen molar-refractivity contribution in [3.8, 4) is 5.75 Å². The highest BCUT2D eigenvalue weighted by Gasteiger charge is 2.39. The smallest absolute Gasteiger partial charge is 0.336 e. The molecule has 1 aromatic carbocycles. The quantitative estimate of drug-likeness (QED) is 0.619. The minimum Gasteiger partial charge on any atom is -0.497 e. The Morgan fingerprint density at radius 3 is 2.25 bits per heavy atom. The Morgan fingerprint density at radius 2 is 1.75 bits per heavy atom. The second-order valence-electron chi connectivity index (χ2n) is 4.66. The number of imide groups is 1. The minimum absolute atomic E-state index is 0.337. The van der Waals surface area contributed by atoms with Gasteiger partial charge in [-0.3, -0.25) is 9.69 Å². The normalized spacial score (nSPS) is 17.1. The van der Waals surface area contributed by atoms with Crippen LogP contribution in [0.25, 0.3) is 0 Å². The van der Waals surface area contributed by atoms with Crippen molar-refractivity contribution >= 4 is 17.6 Å². The van der Waals surface area contributed by atoms with Gasteiger partial charge in [0.15, 0.2) is 0 Å². The lowest BCUT2D eigenvalue weighted by Crippen LogP contribution is -2.31. The summed E-state index contributed by atoms with van der Waals surface area (Å²) in [6.45, 7) is 0. The van der Waals surface area contributed by atoms with Crippen LogP contribution >= 0.6 is 0 Å². The Morgan fingerprint density at radius 1 is 1.15 bits per heavy atom. The number of hydrogen-bond acceptors (Lipinski definition) is 4. The van der Waals surface area contributed by atoms with E-state index in [-0.39, 0.29) is 11.9 Å². The van der Waals surface area contributed by atoms with Gasteiger partial charge in [-0.1, -0.05) is 0 Å². The standard InChI is InChI=1S/C14H17N3O3/c1-15(2)9-12-13(18)17(14(19)16(12)3)10-5-7-11(20-4)8-6-10/h5-9H,1-4H3/b12-9-. The Hall–Kier alpha value is -2.50. The van der Waals surface area contributed by atoms with E-state index in [0.29, 0.717) is 17.1 Å². The van der Waals surface area contributed by atoms with Crippen LogP contribution in [-0.2, 0) is 4.79 Å². The Balaban J connectivity index is 2.37. The van der Waals surface area contributed by atoms with Crippen LogP contribution in [0.4, 0.5) is 10.5 Å². The van der Waals surface area contributed by atoms with Crippen LogP contribution in [0.15, 0.2) is 36.2 Å². The van der Waals surface area contributed by atoms with E-state index in [4.69, 9.17) is 4.74 Å². The summed E-state index contributed by atoms with van der Waals surface area (Å²) in [5.41, 5.74) is 0.866. The third-order valence-electron chi connectivity index (χ3n) is 2.97. The van der Waals surface area contributed by atoms with Crippen LogP contribution in [0.3, 0.4) is 0 Å². The average Bonchev–Trinajstić information content (AvgIpc) is 2.63. The van der Waals surface area contributed by atoms with Crippen LogP contribution in [0.5, 0.6) is 5.75 Å². The van der Waals surface area contributed by atoms with Gasteiger partial charge in [-0.25, -0.2) is 9.69 Å². The molecule has 2 rings (SSSR count). The molecule has 0 radical (unpaired) electrons. The molecule has 106 valence electrons. The monoisotopic (exact) mass is 275 g/mol. The molecule has 20 heavy (non-hydrogen) atoms. The molecular weight excluding hydrogens is 258 g/mol. The largest absolute Gasteiger partial charge is 0.497 e. The fraction of sp³-hybridized carbons (Fsp3) is 0.286. The summed E-state index contributed by atoms with van der Waals surface area (Å²) >= 11 is 0. The first-order valence-electron chi connectivity index (χ1n) is 6.10. The zero-order chi connectivity index (χ0) is 14.9. The van der Waals surface area contributed by atoms with Gasteiger partial charge in [-0.05, 0) is 24.3 Å². The van der Waals surface area contributed by atoms with Gasteiger partial charge in [0.1, 0.15) is 11.4 Å². The molecule has 0 N–H and O–H groups in total. The first-order valence-corrected chi connectivity index (χ1v) is 6.10. The highest BCUT2D eigenvalue weighted by atomic mass is 16.5. The van der Waals surface area contributed by atoms with E-state index in [0.717, 1.165) is 4.90 Å². The van der Waals surface area contributed by atoms with Crippen molar-refractivity contribution in [2.45, 2.75) is 0 Å².